The maximum Gasteiger partial charge on any atom is 0.296 e. The molecule has 0 spiro atoms. The largest absolute Gasteiger partial charge is 0.503 e. The van der Waals surface area contributed by atoms with E-state index in [1.807, 2.05) is 26.0 Å². The van der Waals surface area contributed by atoms with Crippen molar-refractivity contribution in [2.75, 3.05) is 19.1 Å². The van der Waals surface area contributed by atoms with Crippen LogP contribution in [0.5, 0.6) is 11.5 Å². The van der Waals surface area contributed by atoms with Gasteiger partial charge in [0.2, 0.25) is 5.78 Å². The number of nitrogens with zero attached hydrogens (tertiary/aromatic N) is 2. The number of ketones is 1. The number of rotatable bonds is 6. The highest BCUT2D eigenvalue weighted by atomic mass is 32.1. The van der Waals surface area contributed by atoms with E-state index in [9.17, 15) is 14.7 Å². The van der Waals surface area contributed by atoms with Crippen molar-refractivity contribution >= 4 is 38.4 Å². The van der Waals surface area contributed by atoms with E-state index in [0.29, 0.717) is 22.2 Å². The van der Waals surface area contributed by atoms with Crippen molar-refractivity contribution in [3.63, 3.8) is 0 Å². The molecule has 5 rings (SSSR count). The van der Waals surface area contributed by atoms with Gasteiger partial charge in [-0.25, -0.2) is 4.98 Å². The lowest BCUT2D eigenvalue weighted by atomic mass is 9.95. The summed E-state index contributed by atoms with van der Waals surface area (Å²) in [7, 11) is 3.02. The van der Waals surface area contributed by atoms with Crippen molar-refractivity contribution in [3.8, 4) is 11.5 Å². The molecule has 0 saturated heterocycles. The second kappa shape index (κ2) is 8.59. The van der Waals surface area contributed by atoms with Crippen LogP contribution >= 0.6 is 11.3 Å². The maximum absolute atomic E-state index is 13.4. The van der Waals surface area contributed by atoms with Gasteiger partial charge < -0.3 is 19.0 Å². The lowest BCUT2D eigenvalue weighted by molar-refractivity contribution is -0.117. The van der Waals surface area contributed by atoms with Crippen LogP contribution in [0.1, 0.15) is 33.3 Å². The average molecular weight is 491 g/mol. The molecule has 0 bridgehead atoms. The third-order valence-electron chi connectivity index (χ3n) is 5.95. The topological polar surface area (TPSA) is 102 Å². The molecule has 9 heteroatoms. The van der Waals surface area contributed by atoms with Crippen molar-refractivity contribution in [1.29, 1.82) is 0 Å². The number of methoxy groups -OCH3 is 2. The summed E-state index contributed by atoms with van der Waals surface area (Å²) >= 11 is 1.32. The number of aliphatic hydroxyl groups excluding tert-OH is 1. The van der Waals surface area contributed by atoms with Crippen LogP contribution < -0.4 is 14.4 Å². The van der Waals surface area contributed by atoms with Crippen LogP contribution in [-0.2, 0) is 4.79 Å². The number of amides is 1. The minimum atomic E-state index is -0.957. The quantitative estimate of drug-likeness (QED) is 0.366. The number of fused-ring (bicyclic) bond motifs is 1. The van der Waals surface area contributed by atoms with E-state index >= 15 is 0 Å². The van der Waals surface area contributed by atoms with Crippen molar-refractivity contribution in [2.45, 2.75) is 19.9 Å². The third-order valence-corrected chi connectivity index (χ3v) is 6.95. The monoisotopic (exact) mass is 490 g/mol. The Morgan fingerprint density at radius 1 is 1.11 bits per heavy atom. The molecule has 35 heavy (non-hydrogen) atoms. The van der Waals surface area contributed by atoms with Gasteiger partial charge in [-0.2, -0.15) is 0 Å². The molecule has 4 aromatic rings. The molecule has 0 fully saturated rings. The first-order chi connectivity index (χ1) is 16.8. The summed E-state index contributed by atoms with van der Waals surface area (Å²) in [6.07, 6.45) is 1.36. The molecular weight excluding hydrogens is 468 g/mol. The number of hydrogen-bond acceptors (Lipinski definition) is 8. The minimum Gasteiger partial charge on any atom is -0.503 e. The van der Waals surface area contributed by atoms with E-state index < -0.39 is 23.5 Å². The Kier molecular flexibility index (Phi) is 5.56. The summed E-state index contributed by atoms with van der Waals surface area (Å²) in [5.74, 6) is -1.01. The Labute approximate surface area is 205 Å². The number of aryl methyl sites for hydroxylation is 2. The molecule has 3 heterocycles. The number of aliphatic hydroxyl groups is 1. The van der Waals surface area contributed by atoms with Crippen molar-refractivity contribution < 1.29 is 28.6 Å². The number of hydrogen-bond donors (Lipinski definition) is 1. The van der Waals surface area contributed by atoms with E-state index in [1.54, 1.807) is 24.3 Å². The lowest BCUT2D eigenvalue weighted by Gasteiger charge is -2.25. The molecular formula is C26H22N2O6S. The summed E-state index contributed by atoms with van der Waals surface area (Å²) < 4.78 is 17.0. The molecule has 0 saturated carbocycles. The molecule has 1 amide bonds. The van der Waals surface area contributed by atoms with Gasteiger partial charge in [0.15, 0.2) is 28.1 Å². The van der Waals surface area contributed by atoms with Gasteiger partial charge in [0.25, 0.3) is 5.91 Å². The van der Waals surface area contributed by atoms with Crippen LogP contribution in [0.25, 0.3) is 10.2 Å². The predicted molar refractivity (Wildman–Crippen MR) is 132 cm³/mol. The number of Topliss-reactive ketones (excluding diaryl/α,β-unsaturated/α-hetero) is 1. The Morgan fingerprint density at radius 2 is 1.89 bits per heavy atom. The molecule has 1 atom stereocenters. The van der Waals surface area contributed by atoms with Crippen LogP contribution in [0, 0.1) is 13.8 Å². The Hall–Kier alpha value is -4.11. The molecule has 178 valence electrons. The SMILES string of the molecule is COc1ccc(C2C(C(=O)c3ccco3)=C(O)C(=O)N2c2nc3c(C)cc(C)cc3s2)cc1OC. The molecule has 8 nitrogen and oxygen atoms in total. The van der Waals surface area contributed by atoms with E-state index in [2.05, 4.69) is 0 Å². The summed E-state index contributed by atoms with van der Waals surface area (Å²) in [6.45, 7) is 3.95. The van der Waals surface area contributed by atoms with Gasteiger partial charge in [-0.1, -0.05) is 23.5 Å². The summed E-state index contributed by atoms with van der Waals surface area (Å²) in [5, 5.41) is 11.3. The molecule has 1 aliphatic rings. The number of anilines is 1. The number of carbonyl (C=O) groups is 2. The van der Waals surface area contributed by atoms with Crippen LogP contribution in [0.4, 0.5) is 5.13 Å². The molecule has 0 aliphatic carbocycles. The highest BCUT2D eigenvalue weighted by Crippen LogP contribution is 2.46. The van der Waals surface area contributed by atoms with Crippen molar-refractivity contribution in [1.82, 2.24) is 4.98 Å². The van der Waals surface area contributed by atoms with Crippen molar-refractivity contribution in [2.24, 2.45) is 0 Å². The second-order valence-corrected chi connectivity index (χ2v) is 9.19. The van der Waals surface area contributed by atoms with Crippen LogP contribution in [-0.4, -0.2) is 36.0 Å². The number of ether oxygens (including phenoxy) is 2. The van der Waals surface area contributed by atoms with Gasteiger partial charge >= 0.3 is 0 Å². The fourth-order valence-electron chi connectivity index (χ4n) is 4.38. The zero-order valence-electron chi connectivity index (χ0n) is 19.5. The van der Waals surface area contributed by atoms with Crippen molar-refractivity contribution in [3.05, 3.63) is 82.5 Å². The highest BCUT2D eigenvalue weighted by Gasteiger charge is 2.46. The lowest BCUT2D eigenvalue weighted by Crippen LogP contribution is -2.31. The van der Waals surface area contributed by atoms with E-state index in [4.69, 9.17) is 18.9 Å². The van der Waals surface area contributed by atoms with Gasteiger partial charge in [-0.15, -0.1) is 0 Å². The fraction of sp³-hybridized carbons (Fsp3) is 0.192. The standard InChI is InChI=1S/C26H22N2O6S/c1-13-10-14(2)21-19(11-13)35-26(27-21)28-22(15-7-8-16(32-3)18(12-15)33-4)20(24(30)25(28)31)23(29)17-6-5-9-34-17/h5-12,22,30H,1-4H3. The fourth-order valence-corrected chi connectivity index (χ4v) is 5.54. The van der Waals surface area contributed by atoms with Gasteiger partial charge in [-0.05, 0) is 60.9 Å². The van der Waals surface area contributed by atoms with Crippen LogP contribution in [0.15, 0.2) is 64.5 Å². The average Bonchev–Trinajstić information content (AvgIpc) is 3.57. The number of aromatic nitrogens is 1. The summed E-state index contributed by atoms with van der Waals surface area (Å²) in [6, 6.07) is 11.2. The first kappa shape index (κ1) is 22.7. The van der Waals surface area contributed by atoms with Gasteiger partial charge in [-0.3, -0.25) is 14.5 Å². The number of thiazole rings is 1. The Balaban J connectivity index is 1.71. The smallest absolute Gasteiger partial charge is 0.296 e. The minimum absolute atomic E-state index is 0.0162. The molecule has 1 N–H and O–H groups in total. The third kappa shape index (κ3) is 3.64. The van der Waals surface area contributed by atoms with Crippen LogP contribution in [0.2, 0.25) is 0 Å². The van der Waals surface area contributed by atoms with Gasteiger partial charge in [0.05, 0.1) is 42.3 Å². The zero-order chi connectivity index (χ0) is 24.9. The summed E-state index contributed by atoms with van der Waals surface area (Å²) in [5.41, 5.74) is 3.26. The first-order valence-electron chi connectivity index (χ1n) is 10.8. The molecule has 1 unspecified atom stereocenters. The number of benzene rings is 2. The number of carbonyl (C=O) groups excluding carboxylic acids is 2. The zero-order valence-corrected chi connectivity index (χ0v) is 20.3. The molecule has 2 aromatic carbocycles. The summed E-state index contributed by atoms with van der Waals surface area (Å²) in [4.78, 5) is 32.9. The molecule has 1 aliphatic heterocycles. The maximum atomic E-state index is 13.4. The Morgan fingerprint density at radius 3 is 2.57 bits per heavy atom. The first-order valence-corrected chi connectivity index (χ1v) is 11.6. The second-order valence-electron chi connectivity index (χ2n) is 8.19. The van der Waals surface area contributed by atoms with Gasteiger partial charge in [0, 0.05) is 0 Å². The molecule has 2 aromatic heterocycles. The van der Waals surface area contributed by atoms with Gasteiger partial charge in [0.1, 0.15) is 0 Å². The van der Waals surface area contributed by atoms with E-state index in [-0.39, 0.29) is 11.3 Å². The Bertz CT molecular complexity index is 1500. The number of furan rings is 1. The van der Waals surface area contributed by atoms with E-state index in [0.717, 1.165) is 21.3 Å². The molecule has 0 radical (unpaired) electrons. The predicted octanol–water partition coefficient (Wildman–Crippen LogP) is 5.31. The van der Waals surface area contributed by atoms with E-state index in [1.165, 1.54) is 42.8 Å². The normalized spacial score (nSPS) is 15.8. The highest BCUT2D eigenvalue weighted by molar-refractivity contribution is 7.22. The van der Waals surface area contributed by atoms with Crippen LogP contribution in [0.3, 0.4) is 0 Å².